The number of nitrogens with one attached hydrogen (secondary N) is 4. The second-order valence-corrected chi connectivity index (χ2v) is 7.00. The quantitative estimate of drug-likeness (QED) is 0.513. The van der Waals surface area contributed by atoms with Gasteiger partial charge in [-0.25, -0.2) is 0 Å². The molecule has 0 unspecified atom stereocenters. The van der Waals surface area contributed by atoms with Crippen molar-refractivity contribution >= 4 is 40.5 Å². The molecule has 0 aliphatic heterocycles. The van der Waals surface area contributed by atoms with Crippen LogP contribution in [0.1, 0.15) is 33.6 Å². The number of anilines is 4. The van der Waals surface area contributed by atoms with Gasteiger partial charge in [0.15, 0.2) is 0 Å². The normalized spacial score (nSPS) is 10.3. The van der Waals surface area contributed by atoms with Gasteiger partial charge < -0.3 is 21.3 Å². The zero-order valence-corrected chi connectivity index (χ0v) is 17.0. The highest BCUT2D eigenvalue weighted by Gasteiger charge is 2.08. The average molecular weight is 396 g/mol. The molecule has 0 saturated heterocycles. The number of hydrogen-bond acceptors (Lipinski definition) is 4. The minimum Gasteiger partial charge on any atom is -0.376 e. The molecule has 29 heavy (non-hydrogen) atoms. The van der Waals surface area contributed by atoms with Gasteiger partial charge >= 0.3 is 0 Å². The van der Waals surface area contributed by atoms with Crippen LogP contribution in [0.4, 0.5) is 22.7 Å². The first-order chi connectivity index (χ1) is 13.9. The van der Waals surface area contributed by atoms with Gasteiger partial charge in [-0.1, -0.05) is 26.8 Å². The highest BCUT2D eigenvalue weighted by Crippen LogP contribution is 2.17. The Balaban J connectivity index is 1.84. The van der Waals surface area contributed by atoms with Gasteiger partial charge in [0, 0.05) is 35.1 Å². The summed E-state index contributed by atoms with van der Waals surface area (Å²) < 4.78 is 0. The Morgan fingerprint density at radius 1 is 0.793 bits per heavy atom. The summed E-state index contributed by atoms with van der Waals surface area (Å²) in [5.41, 5.74) is 2.74. The van der Waals surface area contributed by atoms with E-state index >= 15 is 0 Å². The van der Waals surface area contributed by atoms with Crippen LogP contribution >= 0.6 is 0 Å². The number of carbonyl (C=O) groups excluding carboxylic acids is 3. The molecule has 2 rings (SSSR count). The molecular weight excluding hydrogens is 368 g/mol. The van der Waals surface area contributed by atoms with E-state index < -0.39 is 0 Å². The lowest BCUT2D eigenvalue weighted by atomic mass is 10.2. The molecule has 2 aromatic rings. The zero-order chi connectivity index (χ0) is 21.2. The minimum absolute atomic E-state index is 0.0275. The van der Waals surface area contributed by atoms with Crippen LogP contribution in [0.25, 0.3) is 0 Å². The van der Waals surface area contributed by atoms with E-state index in [0.717, 1.165) is 12.1 Å². The van der Waals surface area contributed by atoms with Crippen molar-refractivity contribution in [3.8, 4) is 0 Å². The van der Waals surface area contributed by atoms with Gasteiger partial charge in [-0.05, 0) is 48.9 Å². The molecule has 7 heteroatoms. The van der Waals surface area contributed by atoms with Gasteiger partial charge in [0.1, 0.15) is 0 Å². The Morgan fingerprint density at radius 3 is 1.97 bits per heavy atom. The Hall–Kier alpha value is -3.35. The van der Waals surface area contributed by atoms with E-state index in [0.29, 0.717) is 23.5 Å². The number of rotatable bonds is 9. The maximum absolute atomic E-state index is 12.2. The van der Waals surface area contributed by atoms with Gasteiger partial charge in [-0.2, -0.15) is 0 Å². The van der Waals surface area contributed by atoms with Crippen LogP contribution in [0, 0.1) is 5.92 Å². The Bertz CT molecular complexity index is 847. The molecule has 154 valence electrons. The second kappa shape index (κ2) is 10.8. The maximum Gasteiger partial charge on any atom is 0.243 e. The van der Waals surface area contributed by atoms with E-state index in [1.165, 1.54) is 0 Å². The topological polar surface area (TPSA) is 99.3 Å². The summed E-state index contributed by atoms with van der Waals surface area (Å²) in [4.78, 5) is 35.6. The highest BCUT2D eigenvalue weighted by atomic mass is 16.2. The number of benzene rings is 2. The largest absolute Gasteiger partial charge is 0.376 e. The number of carbonyl (C=O) groups is 3. The fraction of sp³-hybridized carbons (Fsp3) is 0.318. The molecule has 0 aliphatic carbocycles. The molecule has 7 nitrogen and oxygen atoms in total. The second-order valence-electron chi connectivity index (χ2n) is 7.00. The van der Waals surface area contributed by atoms with Gasteiger partial charge in [-0.15, -0.1) is 0 Å². The first-order valence-corrected chi connectivity index (χ1v) is 9.72. The standard InChI is InChI=1S/C22H28N4O3/c1-4-6-20(27)24-16-9-11-17(12-10-16)25-21(28)14-23-18-7-5-8-19(13-18)26-22(29)15(2)3/h5,7-13,15,23H,4,6,14H2,1-3H3,(H,24,27)(H,25,28)(H,26,29). The summed E-state index contributed by atoms with van der Waals surface area (Å²) in [6, 6.07) is 14.2. The van der Waals surface area contributed by atoms with Crippen LogP contribution in [0.3, 0.4) is 0 Å². The van der Waals surface area contributed by atoms with Crippen molar-refractivity contribution in [2.75, 3.05) is 27.8 Å². The van der Waals surface area contributed by atoms with Crippen molar-refractivity contribution in [1.82, 2.24) is 0 Å². The Morgan fingerprint density at radius 2 is 1.38 bits per heavy atom. The zero-order valence-electron chi connectivity index (χ0n) is 17.0. The predicted molar refractivity (Wildman–Crippen MR) is 117 cm³/mol. The molecule has 0 aliphatic rings. The molecule has 0 aromatic heterocycles. The smallest absolute Gasteiger partial charge is 0.243 e. The fourth-order valence-electron chi connectivity index (χ4n) is 2.47. The first-order valence-electron chi connectivity index (χ1n) is 9.72. The molecule has 3 amide bonds. The van der Waals surface area contributed by atoms with Crippen LogP contribution in [-0.4, -0.2) is 24.3 Å². The molecule has 4 N–H and O–H groups in total. The Labute approximate surface area is 171 Å². The van der Waals surface area contributed by atoms with E-state index in [9.17, 15) is 14.4 Å². The Kier molecular flexibility index (Phi) is 8.21. The average Bonchev–Trinajstić information content (AvgIpc) is 2.68. The lowest BCUT2D eigenvalue weighted by molar-refractivity contribution is -0.119. The van der Waals surface area contributed by atoms with Gasteiger partial charge in [0.2, 0.25) is 17.7 Å². The molecule has 2 aromatic carbocycles. The maximum atomic E-state index is 12.2. The molecule has 0 atom stereocenters. The lowest BCUT2D eigenvalue weighted by Gasteiger charge is -2.11. The first kappa shape index (κ1) is 21.9. The SMILES string of the molecule is CCCC(=O)Nc1ccc(NC(=O)CNc2cccc(NC(=O)C(C)C)c2)cc1. The van der Waals surface area contributed by atoms with Gasteiger partial charge in [-0.3, -0.25) is 14.4 Å². The number of amides is 3. The van der Waals surface area contributed by atoms with Crippen molar-refractivity contribution in [1.29, 1.82) is 0 Å². The van der Waals surface area contributed by atoms with Gasteiger partial charge in [0.25, 0.3) is 0 Å². The summed E-state index contributed by atoms with van der Waals surface area (Å²) in [7, 11) is 0. The third-order valence-corrected chi connectivity index (χ3v) is 4.04. The van der Waals surface area contributed by atoms with Crippen molar-refractivity contribution in [3.63, 3.8) is 0 Å². The monoisotopic (exact) mass is 396 g/mol. The lowest BCUT2D eigenvalue weighted by Crippen LogP contribution is -2.22. The fourth-order valence-corrected chi connectivity index (χ4v) is 2.47. The van der Waals surface area contributed by atoms with E-state index in [1.54, 1.807) is 36.4 Å². The van der Waals surface area contributed by atoms with E-state index in [2.05, 4.69) is 21.3 Å². The molecule has 0 heterocycles. The van der Waals surface area contributed by atoms with Crippen molar-refractivity contribution in [2.24, 2.45) is 5.92 Å². The third-order valence-electron chi connectivity index (χ3n) is 4.04. The number of hydrogen-bond donors (Lipinski definition) is 4. The minimum atomic E-state index is -0.204. The van der Waals surface area contributed by atoms with E-state index in [1.807, 2.05) is 32.9 Å². The molecule has 0 bridgehead atoms. The summed E-state index contributed by atoms with van der Waals surface area (Å²) in [5, 5.41) is 11.5. The van der Waals surface area contributed by atoms with Crippen LogP contribution in [0.5, 0.6) is 0 Å². The summed E-state index contributed by atoms with van der Waals surface area (Å²) >= 11 is 0. The third kappa shape index (κ3) is 7.65. The molecular formula is C22H28N4O3. The molecule has 0 spiro atoms. The highest BCUT2D eigenvalue weighted by molar-refractivity contribution is 5.95. The predicted octanol–water partition coefficient (Wildman–Crippen LogP) is 4.07. The van der Waals surface area contributed by atoms with E-state index in [-0.39, 0.29) is 30.2 Å². The molecule has 0 saturated carbocycles. The van der Waals surface area contributed by atoms with Crippen molar-refractivity contribution in [3.05, 3.63) is 48.5 Å². The van der Waals surface area contributed by atoms with Crippen LogP contribution in [0.2, 0.25) is 0 Å². The molecule has 0 radical (unpaired) electrons. The van der Waals surface area contributed by atoms with Crippen LogP contribution < -0.4 is 21.3 Å². The van der Waals surface area contributed by atoms with Crippen molar-refractivity contribution < 1.29 is 14.4 Å². The summed E-state index contributed by atoms with van der Waals surface area (Å²) in [5.74, 6) is -0.400. The van der Waals surface area contributed by atoms with E-state index in [4.69, 9.17) is 0 Å². The summed E-state index contributed by atoms with van der Waals surface area (Å²) in [6.45, 7) is 5.68. The van der Waals surface area contributed by atoms with Crippen molar-refractivity contribution in [2.45, 2.75) is 33.6 Å². The van der Waals surface area contributed by atoms with Gasteiger partial charge in [0.05, 0.1) is 6.54 Å². The van der Waals surface area contributed by atoms with Crippen LogP contribution in [0.15, 0.2) is 48.5 Å². The molecule has 0 fully saturated rings. The van der Waals surface area contributed by atoms with Crippen LogP contribution in [-0.2, 0) is 14.4 Å². The summed E-state index contributed by atoms with van der Waals surface area (Å²) in [6.07, 6.45) is 1.27.